The number of rotatable bonds is 5. The molecule has 0 bridgehead atoms. The van der Waals surface area contributed by atoms with E-state index >= 15 is 0 Å². The third-order valence-corrected chi connectivity index (χ3v) is 4.53. The Morgan fingerprint density at radius 2 is 2.20 bits per heavy atom. The van der Waals surface area contributed by atoms with Crippen LogP contribution in [0.4, 0.5) is 10.1 Å². The molecule has 0 spiro atoms. The molecule has 2 aromatic rings. The molecule has 0 radical (unpaired) electrons. The van der Waals surface area contributed by atoms with E-state index in [1.165, 1.54) is 36.2 Å². The Kier molecular flexibility index (Phi) is 6.78. The fourth-order valence-electron chi connectivity index (χ4n) is 2.12. The first-order valence-electron chi connectivity index (χ1n) is 7.49. The lowest BCUT2D eigenvalue weighted by Gasteiger charge is -2.13. The maximum absolute atomic E-state index is 14.0. The number of nitrogens with one attached hydrogen (secondary N) is 1. The second kappa shape index (κ2) is 8.82. The molecule has 1 unspecified atom stereocenters. The molecule has 132 valence electrons. The van der Waals surface area contributed by atoms with Crippen molar-refractivity contribution in [1.82, 2.24) is 4.98 Å². The number of thioether (sulfide) groups is 1. The van der Waals surface area contributed by atoms with Gasteiger partial charge in [-0.1, -0.05) is 30.3 Å². The summed E-state index contributed by atoms with van der Waals surface area (Å²) in [4.78, 5) is 20.0. The first kappa shape index (κ1) is 19.2. The summed E-state index contributed by atoms with van der Waals surface area (Å²) in [5.41, 5.74) is 6.89. The van der Waals surface area contributed by atoms with Crippen LogP contribution in [-0.2, 0) is 6.42 Å². The van der Waals surface area contributed by atoms with E-state index in [4.69, 9.17) is 17.3 Å². The van der Waals surface area contributed by atoms with Crippen LogP contribution in [-0.4, -0.2) is 28.4 Å². The average molecular weight is 381 g/mol. The molecule has 0 saturated carbocycles. The monoisotopic (exact) mass is 380 g/mol. The summed E-state index contributed by atoms with van der Waals surface area (Å²) >= 11 is 7.13. The van der Waals surface area contributed by atoms with Crippen LogP contribution in [0.25, 0.3) is 0 Å². The molecule has 3 N–H and O–H groups in total. The van der Waals surface area contributed by atoms with E-state index in [0.29, 0.717) is 27.9 Å². The van der Waals surface area contributed by atoms with E-state index in [-0.39, 0.29) is 22.7 Å². The number of hydrogen-bond acceptors (Lipinski definition) is 4. The fourth-order valence-corrected chi connectivity index (χ4v) is 3.02. The molecule has 8 heteroatoms. The summed E-state index contributed by atoms with van der Waals surface area (Å²) in [6.45, 7) is 1.94. The van der Waals surface area contributed by atoms with Crippen molar-refractivity contribution in [1.29, 1.82) is 0 Å². The third kappa shape index (κ3) is 5.72. The topological polar surface area (TPSA) is 80.4 Å². The summed E-state index contributed by atoms with van der Waals surface area (Å²) in [5, 5.41) is 3.64. The number of nitrogens with two attached hydrogens (primary N) is 1. The van der Waals surface area contributed by atoms with Crippen molar-refractivity contribution in [2.45, 2.75) is 18.6 Å². The van der Waals surface area contributed by atoms with Crippen LogP contribution in [0.15, 0.2) is 41.5 Å². The molecule has 5 nitrogen and oxygen atoms in total. The largest absolute Gasteiger partial charge is 0.379 e. The number of pyridine rings is 1. The van der Waals surface area contributed by atoms with Gasteiger partial charge in [0.15, 0.2) is 5.17 Å². The quantitative estimate of drug-likeness (QED) is 0.611. The van der Waals surface area contributed by atoms with Crippen LogP contribution < -0.4 is 11.1 Å². The van der Waals surface area contributed by atoms with Gasteiger partial charge in [-0.2, -0.15) is 0 Å². The van der Waals surface area contributed by atoms with Crippen molar-refractivity contribution in [2.75, 3.05) is 12.4 Å². The number of carbonyl (C=O) groups excluding carboxylic acids is 1. The summed E-state index contributed by atoms with van der Waals surface area (Å²) < 4.78 is 14.0. The second-order valence-electron chi connectivity index (χ2n) is 5.32. The van der Waals surface area contributed by atoms with Gasteiger partial charge >= 0.3 is 0 Å². The normalized spacial score (nSPS) is 12.7. The van der Waals surface area contributed by atoms with Crippen LogP contribution in [0.5, 0.6) is 0 Å². The summed E-state index contributed by atoms with van der Waals surface area (Å²) in [7, 11) is 1.61. The van der Waals surface area contributed by atoms with Gasteiger partial charge in [-0.15, -0.1) is 0 Å². The Morgan fingerprint density at radius 1 is 1.44 bits per heavy atom. The standard InChI is InChI=1S/C17H18ClFN4OS/c1-10(25-17(20)21-2)7-11-8-13(4-5-14(11)19)23-16(24)15-6-3-12(18)9-22-15/h3-6,8-10H,7H2,1-2H3,(H2,20,21)(H,23,24). The van der Waals surface area contributed by atoms with Gasteiger partial charge in [0, 0.05) is 24.2 Å². The number of amidine groups is 1. The van der Waals surface area contributed by atoms with Crippen LogP contribution in [0.3, 0.4) is 0 Å². The minimum atomic E-state index is -0.390. The second-order valence-corrected chi connectivity index (χ2v) is 7.21. The van der Waals surface area contributed by atoms with E-state index in [2.05, 4.69) is 15.3 Å². The molecule has 0 aliphatic rings. The zero-order valence-corrected chi connectivity index (χ0v) is 15.4. The molecule has 1 aromatic heterocycles. The summed E-state index contributed by atoms with van der Waals surface area (Å²) in [6, 6.07) is 7.55. The van der Waals surface area contributed by atoms with E-state index in [9.17, 15) is 9.18 Å². The molecular formula is C17H18ClFN4OS. The molecule has 1 atom stereocenters. The van der Waals surface area contributed by atoms with Crippen molar-refractivity contribution in [2.24, 2.45) is 10.7 Å². The Morgan fingerprint density at radius 3 is 2.84 bits per heavy atom. The molecule has 0 aliphatic heterocycles. The van der Waals surface area contributed by atoms with Crippen molar-refractivity contribution < 1.29 is 9.18 Å². The minimum Gasteiger partial charge on any atom is -0.379 e. The van der Waals surface area contributed by atoms with Gasteiger partial charge in [0.1, 0.15) is 11.5 Å². The number of nitrogens with zero attached hydrogens (tertiary/aromatic N) is 2. The van der Waals surface area contributed by atoms with Crippen molar-refractivity contribution >= 4 is 40.1 Å². The van der Waals surface area contributed by atoms with Crippen molar-refractivity contribution in [3.05, 3.63) is 58.6 Å². The van der Waals surface area contributed by atoms with Crippen LogP contribution in [0.2, 0.25) is 5.02 Å². The van der Waals surface area contributed by atoms with Crippen molar-refractivity contribution in [3.63, 3.8) is 0 Å². The zero-order chi connectivity index (χ0) is 18.4. The fraction of sp³-hybridized carbons (Fsp3) is 0.235. The maximum atomic E-state index is 14.0. The van der Waals surface area contributed by atoms with Crippen molar-refractivity contribution in [3.8, 4) is 0 Å². The van der Waals surface area contributed by atoms with E-state index in [1.54, 1.807) is 19.2 Å². The van der Waals surface area contributed by atoms with Gasteiger partial charge < -0.3 is 11.1 Å². The lowest BCUT2D eigenvalue weighted by atomic mass is 10.1. The Balaban J connectivity index is 2.10. The first-order chi connectivity index (χ1) is 11.9. The highest BCUT2D eigenvalue weighted by Gasteiger charge is 2.13. The SMILES string of the molecule is CN=C(N)SC(C)Cc1cc(NC(=O)c2ccc(Cl)cn2)ccc1F. The predicted molar refractivity (Wildman–Crippen MR) is 102 cm³/mol. The molecular weight excluding hydrogens is 363 g/mol. The molecule has 0 aliphatic carbocycles. The molecule has 1 amide bonds. The Labute approximate surface area is 154 Å². The molecule has 25 heavy (non-hydrogen) atoms. The van der Waals surface area contributed by atoms with Crippen LogP contribution in [0.1, 0.15) is 23.0 Å². The minimum absolute atomic E-state index is 0.0436. The smallest absolute Gasteiger partial charge is 0.274 e. The lowest BCUT2D eigenvalue weighted by Crippen LogP contribution is -2.15. The number of hydrogen-bond donors (Lipinski definition) is 2. The molecule has 0 saturated heterocycles. The summed E-state index contributed by atoms with van der Waals surface area (Å²) in [5.74, 6) is -0.721. The lowest BCUT2D eigenvalue weighted by molar-refractivity contribution is 0.102. The Bertz CT molecular complexity index is 783. The molecule has 1 aromatic carbocycles. The predicted octanol–water partition coefficient (Wildman–Crippen LogP) is 3.74. The molecule has 1 heterocycles. The number of amides is 1. The van der Waals surface area contributed by atoms with Gasteiger partial charge in [-0.3, -0.25) is 9.79 Å². The van der Waals surface area contributed by atoms with Gasteiger partial charge in [0.05, 0.1) is 5.02 Å². The number of benzene rings is 1. The molecule has 0 fully saturated rings. The Hall–Kier alpha value is -2.12. The number of halogens is 2. The van der Waals surface area contributed by atoms with Crippen LogP contribution in [0, 0.1) is 5.82 Å². The molecule has 2 rings (SSSR count). The number of anilines is 1. The van der Waals surface area contributed by atoms with E-state index < -0.39 is 0 Å². The number of carbonyl (C=O) groups is 1. The van der Waals surface area contributed by atoms with Gasteiger partial charge in [0.2, 0.25) is 0 Å². The highest BCUT2D eigenvalue weighted by atomic mass is 35.5. The summed E-state index contributed by atoms with van der Waals surface area (Å²) in [6.07, 6.45) is 1.85. The van der Waals surface area contributed by atoms with Gasteiger partial charge in [-0.05, 0) is 42.3 Å². The average Bonchev–Trinajstić information content (AvgIpc) is 2.58. The number of aliphatic imine (C=N–C) groups is 1. The van der Waals surface area contributed by atoms with E-state index in [1.807, 2.05) is 6.92 Å². The number of aromatic nitrogens is 1. The van der Waals surface area contributed by atoms with Gasteiger partial charge in [-0.25, -0.2) is 9.37 Å². The maximum Gasteiger partial charge on any atom is 0.274 e. The van der Waals surface area contributed by atoms with Crippen LogP contribution >= 0.6 is 23.4 Å². The zero-order valence-electron chi connectivity index (χ0n) is 13.8. The van der Waals surface area contributed by atoms with E-state index in [0.717, 1.165) is 0 Å². The highest BCUT2D eigenvalue weighted by Crippen LogP contribution is 2.21. The first-order valence-corrected chi connectivity index (χ1v) is 8.75. The highest BCUT2D eigenvalue weighted by molar-refractivity contribution is 8.14. The van der Waals surface area contributed by atoms with Gasteiger partial charge in [0.25, 0.3) is 5.91 Å². The third-order valence-electron chi connectivity index (χ3n) is 3.31.